The molecule has 0 radical (unpaired) electrons. The molecule has 0 N–H and O–H groups in total. The second kappa shape index (κ2) is 3.23. The van der Waals surface area contributed by atoms with E-state index in [1.165, 1.54) is 10.6 Å². The summed E-state index contributed by atoms with van der Waals surface area (Å²) in [4.78, 5) is 3.71. The highest BCUT2D eigenvalue weighted by Gasteiger charge is 2.16. The molecule has 1 aliphatic rings. The molecule has 0 saturated carbocycles. The van der Waals surface area contributed by atoms with Gasteiger partial charge in [-0.2, -0.15) is 0 Å². The third-order valence-corrected chi connectivity index (χ3v) is 3.03. The molecular weight excluding hydrogens is 166 g/mol. The lowest BCUT2D eigenvalue weighted by molar-refractivity contribution is 1.01. The van der Waals surface area contributed by atoms with Crippen molar-refractivity contribution in [3.63, 3.8) is 0 Å². The van der Waals surface area contributed by atoms with Crippen molar-refractivity contribution >= 4 is 17.4 Å². The van der Waals surface area contributed by atoms with Crippen LogP contribution in [0.15, 0.2) is 41.8 Å². The van der Waals surface area contributed by atoms with Crippen LogP contribution in [0.25, 0.3) is 0 Å². The average Bonchev–Trinajstić information content (AvgIpc) is 2.50. The van der Waals surface area contributed by atoms with E-state index in [1.807, 2.05) is 17.8 Å². The van der Waals surface area contributed by atoms with Gasteiger partial charge in [-0.1, -0.05) is 18.2 Å². The van der Waals surface area contributed by atoms with Gasteiger partial charge in [0.15, 0.2) is 0 Å². The number of hydrogen-bond donors (Lipinski definition) is 0. The van der Waals surface area contributed by atoms with Crippen LogP contribution < -0.4 is 4.90 Å². The Morgan fingerprint density at radius 3 is 3.17 bits per heavy atom. The minimum Gasteiger partial charge on any atom is -0.357 e. The van der Waals surface area contributed by atoms with E-state index < -0.39 is 0 Å². The highest BCUT2D eigenvalue weighted by Crippen LogP contribution is 2.37. The molecular formula is C10H11NS. The predicted octanol–water partition coefficient (Wildman–Crippen LogP) is 2.74. The summed E-state index contributed by atoms with van der Waals surface area (Å²) < 4.78 is 0. The summed E-state index contributed by atoms with van der Waals surface area (Å²) in [6.07, 6.45) is 1.95. The summed E-state index contributed by atoms with van der Waals surface area (Å²) in [5, 5.41) is 0. The van der Waals surface area contributed by atoms with E-state index in [-0.39, 0.29) is 0 Å². The standard InChI is InChI=1S/C10H11NS/c1-2-7-11-8-12-10-6-4-3-5-9(10)11/h2-6H,1,7-8H2. The van der Waals surface area contributed by atoms with Crippen molar-refractivity contribution in [1.29, 1.82) is 0 Å². The van der Waals surface area contributed by atoms with Crippen LogP contribution in [0.5, 0.6) is 0 Å². The fourth-order valence-electron chi connectivity index (χ4n) is 1.36. The van der Waals surface area contributed by atoms with Crippen molar-refractivity contribution in [3.8, 4) is 0 Å². The fourth-order valence-corrected chi connectivity index (χ4v) is 2.42. The lowest BCUT2D eigenvalue weighted by atomic mass is 10.3. The van der Waals surface area contributed by atoms with E-state index in [1.54, 1.807) is 0 Å². The van der Waals surface area contributed by atoms with Crippen molar-refractivity contribution in [2.75, 3.05) is 17.3 Å². The summed E-state index contributed by atoms with van der Waals surface area (Å²) in [5.74, 6) is 1.06. The van der Waals surface area contributed by atoms with Crippen LogP contribution in [0.1, 0.15) is 0 Å². The zero-order valence-electron chi connectivity index (χ0n) is 6.86. The van der Waals surface area contributed by atoms with E-state index in [0.29, 0.717) is 0 Å². The molecule has 1 aromatic carbocycles. The Morgan fingerprint density at radius 1 is 1.50 bits per heavy atom. The molecule has 0 aliphatic carbocycles. The molecule has 1 heterocycles. The van der Waals surface area contributed by atoms with Crippen LogP contribution >= 0.6 is 11.8 Å². The van der Waals surface area contributed by atoms with Gasteiger partial charge >= 0.3 is 0 Å². The number of hydrogen-bond acceptors (Lipinski definition) is 2. The molecule has 0 amide bonds. The van der Waals surface area contributed by atoms with Crippen molar-refractivity contribution in [1.82, 2.24) is 0 Å². The lowest BCUT2D eigenvalue weighted by Crippen LogP contribution is -2.18. The third-order valence-electron chi connectivity index (χ3n) is 1.93. The molecule has 2 heteroatoms. The van der Waals surface area contributed by atoms with Gasteiger partial charge < -0.3 is 4.90 Å². The van der Waals surface area contributed by atoms with Gasteiger partial charge in [0.2, 0.25) is 0 Å². The Labute approximate surface area is 77.1 Å². The third kappa shape index (κ3) is 1.23. The van der Waals surface area contributed by atoms with Crippen LogP contribution in [0.4, 0.5) is 5.69 Å². The highest BCUT2D eigenvalue weighted by molar-refractivity contribution is 7.99. The van der Waals surface area contributed by atoms with E-state index >= 15 is 0 Å². The topological polar surface area (TPSA) is 3.24 Å². The summed E-state index contributed by atoms with van der Waals surface area (Å²) in [5.41, 5.74) is 1.35. The Morgan fingerprint density at radius 2 is 2.33 bits per heavy atom. The van der Waals surface area contributed by atoms with Crippen LogP contribution in [0.3, 0.4) is 0 Å². The Balaban J connectivity index is 2.29. The molecule has 2 rings (SSSR count). The zero-order valence-corrected chi connectivity index (χ0v) is 7.68. The molecule has 62 valence electrons. The van der Waals surface area contributed by atoms with E-state index in [2.05, 4.69) is 35.7 Å². The molecule has 0 saturated heterocycles. The maximum Gasteiger partial charge on any atom is 0.0690 e. The molecule has 0 bridgehead atoms. The van der Waals surface area contributed by atoms with Crippen LogP contribution in [-0.4, -0.2) is 12.4 Å². The van der Waals surface area contributed by atoms with Gasteiger partial charge in [0, 0.05) is 11.4 Å². The second-order valence-corrected chi connectivity index (χ2v) is 3.74. The molecule has 0 unspecified atom stereocenters. The van der Waals surface area contributed by atoms with Gasteiger partial charge in [0.25, 0.3) is 0 Å². The molecule has 0 spiro atoms. The Bertz CT molecular complexity index is 296. The minimum atomic E-state index is 0.948. The fraction of sp³-hybridized carbons (Fsp3) is 0.200. The number of anilines is 1. The number of para-hydroxylation sites is 1. The normalized spacial score (nSPS) is 14.5. The Kier molecular flexibility index (Phi) is 2.09. The molecule has 0 atom stereocenters. The predicted molar refractivity (Wildman–Crippen MR) is 54.7 cm³/mol. The highest BCUT2D eigenvalue weighted by atomic mass is 32.2. The lowest BCUT2D eigenvalue weighted by Gasteiger charge is -2.14. The van der Waals surface area contributed by atoms with Crippen LogP contribution in [-0.2, 0) is 0 Å². The monoisotopic (exact) mass is 177 g/mol. The molecule has 1 nitrogen and oxygen atoms in total. The first-order valence-electron chi connectivity index (χ1n) is 3.99. The minimum absolute atomic E-state index is 0.948. The number of benzene rings is 1. The molecule has 12 heavy (non-hydrogen) atoms. The van der Waals surface area contributed by atoms with Gasteiger partial charge in [-0.3, -0.25) is 0 Å². The summed E-state index contributed by atoms with van der Waals surface area (Å²) in [6.45, 7) is 4.69. The van der Waals surface area contributed by atoms with Crippen molar-refractivity contribution < 1.29 is 0 Å². The van der Waals surface area contributed by atoms with Crippen molar-refractivity contribution in [3.05, 3.63) is 36.9 Å². The first-order chi connectivity index (χ1) is 5.92. The number of fused-ring (bicyclic) bond motifs is 1. The van der Waals surface area contributed by atoms with Crippen molar-refractivity contribution in [2.45, 2.75) is 4.90 Å². The van der Waals surface area contributed by atoms with Crippen molar-refractivity contribution in [2.24, 2.45) is 0 Å². The van der Waals surface area contributed by atoms with E-state index in [0.717, 1.165) is 12.4 Å². The Hall–Kier alpha value is -0.890. The van der Waals surface area contributed by atoms with Crippen LogP contribution in [0, 0.1) is 0 Å². The second-order valence-electron chi connectivity index (χ2n) is 2.75. The quantitative estimate of drug-likeness (QED) is 0.639. The maximum absolute atomic E-state index is 3.75. The average molecular weight is 177 g/mol. The van der Waals surface area contributed by atoms with Crippen LogP contribution in [0.2, 0.25) is 0 Å². The van der Waals surface area contributed by atoms with Gasteiger partial charge in [-0.25, -0.2) is 0 Å². The molecule has 0 fully saturated rings. The summed E-state index contributed by atoms with van der Waals surface area (Å²) >= 11 is 1.89. The first-order valence-corrected chi connectivity index (χ1v) is 4.98. The van der Waals surface area contributed by atoms with E-state index in [4.69, 9.17) is 0 Å². The summed E-state index contributed by atoms with van der Waals surface area (Å²) in [6, 6.07) is 8.51. The molecule has 0 aromatic heterocycles. The first kappa shape index (κ1) is 7.74. The number of rotatable bonds is 2. The zero-order chi connectivity index (χ0) is 8.39. The number of nitrogens with zero attached hydrogens (tertiary/aromatic N) is 1. The van der Waals surface area contributed by atoms with Gasteiger partial charge in [-0.15, -0.1) is 18.3 Å². The van der Waals surface area contributed by atoms with E-state index in [9.17, 15) is 0 Å². The maximum atomic E-state index is 3.75. The van der Waals surface area contributed by atoms with Gasteiger partial charge in [-0.05, 0) is 12.1 Å². The van der Waals surface area contributed by atoms with Gasteiger partial charge in [0.05, 0.1) is 11.6 Å². The SMILES string of the molecule is C=CCN1CSc2ccccc21. The smallest absolute Gasteiger partial charge is 0.0690 e. The largest absolute Gasteiger partial charge is 0.357 e. The summed E-state index contributed by atoms with van der Waals surface area (Å²) in [7, 11) is 0. The number of thioether (sulfide) groups is 1. The van der Waals surface area contributed by atoms with Gasteiger partial charge in [0.1, 0.15) is 0 Å². The molecule has 1 aromatic rings. The molecule has 1 aliphatic heterocycles.